The number of nitrogens with zero attached hydrogens (tertiary/aromatic N) is 1. The minimum atomic E-state index is -4.45. The molecule has 128 valence electrons. The Hall–Kier alpha value is -2.28. The quantitative estimate of drug-likeness (QED) is 0.907. The Morgan fingerprint density at radius 2 is 2.00 bits per heavy atom. The monoisotopic (exact) mass is 338 g/mol. The number of benzene rings is 1. The number of alkyl halides is 3. The van der Waals surface area contributed by atoms with Gasteiger partial charge in [0, 0.05) is 12.6 Å². The van der Waals surface area contributed by atoms with Gasteiger partial charge in [-0.1, -0.05) is 18.2 Å². The summed E-state index contributed by atoms with van der Waals surface area (Å²) in [5.41, 5.74) is 5.15. The van der Waals surface area contributed by atoms with Crippen molar-refractivity contribution >= 4 is 5.91 Å². The maximum atomic E-state index is 13.2. The van der Waals surface area contributed by atoms with Crippen LogP contribution in [0.3, 0.4) is 0 Å². The fourth-order valence-corrected chi connectivity index (χ4v) is 2.64. The molecule has 0 spiro atoms. The Labute approximate surface area is 137 Å². The Kier molecular flexibility index (Phi) is 4.36. The van der Waals surface area contributed by atoms with Crippen molar-refractivity contribution in [1.82, 2.24) is 4.90 Å². The number of rotatable bonds is 5. The van der Waals surface area contributed by atoms with E-state index in [4.69, 9.17) is 10.2 Å². The standard InChI is InChI=1S/C17H17F3N2O2/c18-17(19,20)15-4-2-1-3-11(15)9-22(13-5-6-13)16(23)12-7-14(8-21)24-10-12/h1-4,7,10,13H,5-6,8-9,21H2. The molecule has 1 fully saturated rings. The van der Waals surface area contributed by atoms with Gasteiger partial charge in [-0.3, -0.25) is 4.79 Å². The van der Waals surface area contributed by atoms with Crippen LogP contribution in [-0.4, -0.2) is 16.8 Å². The minimum Gasteiger partial charge on any atom is -0.467 e. The molecule has 3 rings (SSSR count). The van der Waals surface area contributed by atoms with E-state index in [0.717, 1.165) is 18.9 Å². The van der Waals surface area contributed by atoms with Crippen LogP contribution in [0.2, 0.25) is 0 Å². The first kappa shape index (κ1) is 16.6. The van der Waals surface area contributed by atoms with Gasteiger partial charge in [-0.2, -0.15) is 13.2 Å². The molecule has 1 saturated carbocycles. The molecule has 0 saturated heterocycles. The molecular formula is C17H17F3N2O2. The number of amides is 1. The predicted molar refractivity (Wildman–Crippen MR) is 80.9 cm³/mol. The number of halogens is 3. The molecule has 1 aromatic carbocycles. The number of furan rings is 1. The molecule has 0 aliphatic heterocycles. The summed E-state index contributed by atoms with van der Waals surface area (Å²) in [4.78, 5) is 14.1. The van der Waals surface area contributed by atoms with Gasteiger partial charge in [-0.15, -0.1) is 0 Å². The second-order valence-corrected chi connectivity index (χ2v) is 5.82. The van der Waals surface area contributed by atoms with Crippen LogP contribution in [0.5, 0.6) is 0 Å². The van der Waals surface area contributed by atoms with Crippen LogP contribution in [0.4, 0.5) is 13.2 Å². The molecule has 1 aliphatic carbocycles. The van der Waals surface area contributed by atoms with Crippen LogP contribution < -0.4 is 5.73 Å². The van der Waals surface area contributed by atoms with Crippen molar-refractivity contribution in [2.75, 3.05) is 0 Å². The van der Waals surface area contributed by atoms with Gasteiger partial charge in [0.2, 0.25) is 0 Å². The van der Waals surface area contributed by atoms with Gasteiger partial charge >= 0.3 is 6.18 Å². The summed E-state index contributed by atoms with van der Waals surface area (Å²) >= 11 is 0. The highest BCUT2D eigenvalue weighted by Gasteiger charge is 2.37. The molecule has 1 heterocycles. The third-order valence-corrected chi connectivity index (χ3v) is 4.01. The molecule has 0 atom stereocenters. The smallest absolute Gasteiger partial charge is 0.416 e. The molecule has 0 bridgehead atoms. The summed E-state index contributed by atoms with van der Waals surface area (Å²) in [6.45, 7) is 0.0793. The van der Waals surface area contributed by atoms with Crippen molar-refractivity contribution in [2.24, 2.45) is 5.73 Å². The van der Waals surface area contributed by atoms with Crippen LogP contribution in [0.15, 0.2) is 41.0 Å². The molecule has 0 radical (unpaired) electrons. The largest absolute Gasteiger partial charge is 0.467 e. The Balaban J connectivity index is 1.87. The third-order valence-electron chi connectivity index (χ3n) is 4.01. The third kappa shape index (κ3) is 3.46. The highest BCUT2D eigenvalue weighted by molar-refractivity contribution is 5.94. The van der Waals surface area contributed by atoms with Gasteiger partial charge in [0.1, 0.15) is 12.0 Å². The first-order chi connectivity index (χ1) is 11.4. The molecule has 1 aliphatic rings. The molecular weight excluding hydrogens is 321 g/mol. The lowest BCUT2D eigenvalue weighted by molar-refractivity contribution is -0.138. The summed E-state index contributed by atoms with van der Waals surface area (Å²) in [7, 11) is 0. The van der Waals surface area contributed by atoms with Crippen molar-refractivity contribution in [3.05, 3.63) is 59.0 Å². The normalized spacial score (nSPS) is 14.7. The molecule has 2 aromatic rings. The summed E-state index contributed by atoms with van der Waals surface area (Å²) in [5.74, 6) is 0.128. The van der Waals surface area contributed by atoms with Gasteiger partial charge in [-0.25, -0.2) is 0 Å². The van der Waals surface area contributed by atoms with Crippen molar-refractivity contribution in [3.8, 4) is 0 Å². The van der Waals surface area contributed by atoms with Crippen LogP contribution in [0.25, 0.3) is 0 Å². The maximum absolute atomic E-state index is 13.2. The Morgan fingerprint density at radius 1 is 1.29 bits per heavy atom. The topological polar surface area (TPSA) is 59.5 Å². The molecule has 0 unspecified atom stereocenters. The number of carbonyl (C=O) groups excluding carboxylic acids is 1. The Morgan fingerprint density at radius 3 is 2.58 bits per heavy atom. The number of hydrogen-bond donors (Lipinski definition) is 1. The van der Waals surface area contributed by atoms with E-state index in [-0.39, 0.29) is 30.6 Å². The molecule has 1 aromatic heterocycles. The molecule has 7 heteroatoms. The van der Waals surface area contributed by atoms with Crippen molar-refractivity contribution in [2.45, 2.75) is 38.1 Å². The van der Waals surface area contributed by atoms with Crippen molar-refractivity contribution < 1.29 is 22.4 Å². The molecule has 2 N–H and O–H groups in total. The van der Waals surface area contributed by atoms with Gasteiger partial charge < -0.3 is 15.1 Å². The van der Waals surface area contributed by atoms with E-state index in [0.29, 0.717) is 11.3 Å². The van der Waals surface area contributed by atoms with Crippen molar-refractivity contribution in [1.29, 1.82) is 0 Å². The van der Waals surface area contributed by atoms with Gasteiger partial charge in [0.25, 0.3) is 5.91 Å². The van der Waals surface area contributed by atoms with E-state index in [9.17, 15) is 18.0 Å². The van der Waals surface area contributed by atoms with Gasteiger partial charge in [-0.05, 0) is 30.5 Å². The second-order valence-electron chi connectivity index (χ2n) is 5.82. The number of nitrogens with two attached hydrogens (primary N) is 1. The first-order valence-corrected chi connectivity index (χ1v) is 7.63. The van der Waals surface area contributed by atoms with E-state index in [1.54, 1.807) is 6.07 Å². The fraction of sp³-hybridized carbons (Fsp3) is 0.353. The summed E-state index contributed by atoms with van der Waals surface area (Å²) in [5, 5.41) is 0. The van der Waals surface area contributed by atoms with E-state index in [2.05, 4.69) is 0 Å². The predicted octanol–water partition coefficient (Wildman–Crippen LogP) is 3.56. The lowest BCUT2D eigenvalue weighted by atomic mass is 10.1. The lowest BCUT2D eigenvalue weighted by Gasteiger charge is -2.24. The van der Waals surface area contributed by atoms with Crippen LogP contribution >= 0.6 is 0 Å². The minimum absolute atomic E-state index is 0.0324. The van der Waals surface area contributed by atoms with E-state index in [1.807, 2.05) is 0 Å². The average molecular weight is 338 g/mol. The molecule has 1 amide bonds. The SMILES string of the molecule is NCc1cc(C(=O)N(Cc2ccccc2C(F)(F)F)C2CC2)co1. The highest BCUT2D eigenvalue weighted by atomic mass is 19.4. The van der Waals surface area contributed by atoms with E-state index < -0.39 is 11.7 Å². The average Bonchev–Trinajstić information content (AvgIpc) is 3.27. The second kappa shape index (κ2) is 6.32. The van der Waals surface area contributed by atoms with Crippen LogP contribution in [0, 0.1) is 0 Å². The van der Waals surface area contributed by atoms with Crippen LogP contribution in [-0.2, 0) is 19.3 Å². The van der Waals surface area contributed by atoms with Crippen molar-refractivity contribution in [3.63, 3.8) is 0 Å². The Bertz CT molecular complexity index is 735. The zero-order valence-electron chi connectivity index (χ0n) is 12.8. The highest BCUT2D eigenvalue weighted by Crippen LogP contribution is 2.35. The summed E-state index contributed by atoms with van der Waals surface area (Å²) in [6, 6.07) is 6.84. The van der Waals surface area contributed by atoms with Gasteiger partial charge in [0.15, 0.2) is 0 Å². The van der Waals surface area contributed by atoms with E-state index in [1.165, 1.54) is 29.4 Å². The van der Waals surface area contributed by atoms with E-state index >= 15 is 0 Å². The number of hydrogen-bond acceptors (Lipinski definition) is 3. The van der Waals surface area contributed by atoms with Crippen LogP contribution in [0.1, 0.15) is 40.1 Å². The fourth-order valence-electron chi connectivity index (χ4n) is 2.64. The first-order valence-electron chi connectivity index (χ1n) is 7.63. The number of carbonyl (C=O) groups is 1. The zero-order chi connectivity index (χ0) is 17.3. The molecule has 4 nitrogen and oxygen atoms in total. The summed E-state index contributed by atoms with van der Waals surface area (Å²) < 4.78 is 44.6. The lowest BCUT2D eigenvalue weighted by Crippen LogP contribution is -2.33. The van der Waals surface area contributed by atoms with Gasteiger partial charge in [0.05, 0.1) is 17.7 Å². The zero-order valence-corrected chi connectivity index (χ0v) is 12.8. The molecule has 24 heavy (non-hydrogen) atoms. The summed E-state index contributed by atoms with van der Waals surface area (Å²) in [6.07, 6.45) is -1.56. The maximum Gasteiger partial charge on any atom is 0.416 e.